The second-order valence-electron chi connectivity index (χ2n) is 11.8. The van der Waals surface area contributed by atoms with E-state index in [0.29, 0.717) is 24.2 Å². The van der Waals surface area contributed by atoms with Gasteiger partial charge in [-0.2, -0.15) is 0 Å². The lowest BCUT2D eigenvalue weighted by molar-refractivity contribution is 0.0421. The molecule has 0 aliphatic heterocycles. The van der Waals surface area contributed by atoms with Crippen LogP contribution in [0, 0.1) is 40.9 Å². The van der Waals surface area contributed by atoms with Crippen molar-refractivity contribution in [1.29, 1.82) is 0 Å². The van der Waals surface area contributed by atoms with Crippen molar-refractivity contribution < 1.29 is 10.2 Å². The van der Waals surface area contributed by atoms with Crippen molar-refractivity contribution in [2.45, 2.75) is 112 Å². The van der Waals surface area contributed by atoms with Gasteiger partial charge in [-0.15, -0.1) is 0 Å². The number of hydrogen-bond acceptors (Lipinski definition) is 2. The van der Waals surface area contributed by atoms with Gasteiger partial charge in [0.15, 0.2) is 0 Å². The molecular weight excluding hydrogens is 368 g/mol. The average Bonchev–Trinajstić information content (AvgIpc) is 3.04. The molecule has 2 N–H and O–H groups in total. The molecule has 0 bridgehead atoms. The summed E-state index contributed by atoms with van der Waals surface area (Å²) in [7, 11) is 0. The van der Waals surface area contributed by atoms with Crippen LogP contribution in [0.5, 0.6) is 0 Å². The van der Waals surface area contributed by atoms with Gasteiger partial charge in [-0.05, 0) is 91.1 Å². The van der Waals surface area contributed by atoms with Crippen LogP contribution in [-0.2, 0) is 0 Å². The number of hydrogen-bond donors (Lipinski definition) is 2. The molecule has 0 aromatic carbocycles. The molecule has 0 heterocycles. The topological polar surface area (TPSA) is 40.5 Å². The quantitative estimate of drug-likeness (QED) is 0.473. The summed E-state index contributed by atoms with van der Waals surface area (Å²) in [4.78, 5) is 0. The molecule has 0 spiro atoms. The van der Waals surface area contributed by atoms with E-state index in [-0.39, 0.29) is 0 Å². The third kappa shape index (κ3) is 5.07. The van der Waals surface area contributed by atoms with Crippen LogP contribution in [-0.4, -0.2) is 22.4 Å². The Hall–Kier alpha value is -0.600. The highest BCUT2D eigenvalue weighted by atomic mass is 16.3. The zero-order valence-electron chi connectivity index (χ0n) is 20.5. The smallest absolute Gasteiger partial charge is 0.0777 e. The largest absolute Gasteiger partial charge is 0.393 e. The Bertz CT molecular complexity index is 633. The van der Waals surface area contributed by atoms with Gasteiger partial charge in [-0.25, -0.2) is 0 Å². The number of aliphatic hydroxyl groups is 2. The van der Waals surface area contributed by atoms with Crippen LogP contribution in [0.4, 0.5) is 0 Å². The SMILES string of the molecule is CC1=C(/C=C/C2CCCC3(C)C2CC[C@@H]3C(C)CC[C@H](C)C(C)C)C[C@@H](O)C[C@@H]1O. The van der Waals surface area contributed by atoms with E-state index in [0.717, 1.165) is 35.2 Å². The van der Waals surface area contributed by atoms with Crippen molar-refractivity contribution in [3.63, 3.8) is 0 Å². The Balaban J connectivity index is 1.68. The van der Waals surface area contributed by atoms with E-state index in [1.807, 2.05) is 6.92 Å². The predicted octanol–water partition coefficient (Wildman–Crippen LogP) is 6.92. The molecule has 8 atom stereocenters. The van der Waals surface area contributed by atoms with Crippen molar-refractivity contribution in [3.05, 3.63) is 23.3 Å². The lowest BCUT2D eigenvalue weighted by Crippen LogP contribution is -2.38. The molecule has 4 unspecified atom stereocenters. The van der Waals surface area contributed by atoms with E-state index in [4.69, 9.17) is 0 Å². The Kier molecular flexibility index (Phi) is 7.94. The monoisotopic (exact) mass is 416 g/mol. The summed E-state index contributed by atoms with van der Waals surface area (Å²) in [5.41, 5.74) is 2.72. The number of fused-ring (bicyclic) bond motifs is 1. The number of rotatable bonds is 7. The highest BCUT2D eigenvalue weighted by molar-refractivity contribution is 5.31. The van der Waals surface area contributed by atoms with Gasteiger partial charge in [0.05, 0.1) is 12.2 Å². The van der Waals surface area contributed by atoms with Crippen molar-refractivity contribution in [1.82, 2.24) is 0 Å². The summed E-state index contributed by atoms with van der Waals surface area (Å²) in [5.74, 6) is 4.79. The normalized spacial score (nSPS) is 39.6. The minimum absolute atomic E-state index is 0.398. The fraction of sp³-hybridized carbons (Fsp3) is 0.857. The van der Waals surface area contributed by atoms with Crippen LogP contribution in [0.15, 0.2) is 23.3 Å². The van der Waals surface area contributed by atoms with Crippen LogP contribution < -0.4 is 0 Å². The maximum absolute atomic E-state index is 10.2. The molecule has 0 saturated heterocycles. The standard InChI is InChI=1S/C28H48O2/c1-18(2)19(3)9-10-20(4)25-13-14-26-22(8-7-15-28(25,26)6)11-12-23-16-24(29)17-27(30)21(23)5/h11-12,18-20,22,24-27,29-30H,7-10,13-17H2,1-6H3/b12-11+/t19-,20?,22?,24+,25+,26?,27-,28?/m0/s1. The molecular formula is C28H48O2. The molecule has 0 amide bonds. The van der Waals surface area contributed by atoms with Crippen LogP contribution in [0.2, 0.25) is 0 Å². The molecule has 0 aromatic rings. The third-order valence-corrected chi connectivity index (χ3v) is 9.66. The first-order chi connectivity index (χ1) is 14.1. The maximum atomic E-state index is 10.2. The minimum atomic E-state index is -0.477. The molecule has 3 aliphatic rings. The first-order valence-electron chi connectivity index (χ1n) is 12.9. The van der Waals surface area contributed by atoms with Crippen molar-refractivity contribution in [3.8, 4) is 0 Å². The first-order valence-corrected chi connectivity index (χ1v) is 12.9. The van der Waals surface area contributed by atoms with E-state index < -0.39 is 12.2 Å². The fourth-order valence-electron chi connectivity index (χ4n) is 7.10. The molecule has 2 fully saturated rings. The van der Waals surface area contributed by atoms with Gasteiger partial charge in [0, 0.05) is 6.42 Å². The summed E-state index contributed by atoms with van der Waals surface area (Å²) >= 11 is 0. The molecule has 2 saturated carbocycles. The molecule has 172 valence electrons. The summed E-state index contributed by atoms with van der Waals surface area (Å²) in [6, 6.07) is 0. The van der Waals surface area contributed by atoms with Crippen LogP contribution in [0.1, 0.15) is 99.3 Å². The van der Waals surface area contributed by atoms with Crippen molar-refractivity contribution >= 4 is 0 Å². The minimum Gasteiger partial charge on any atom is -0.393 e. The molecule has 2 heteroatoms. The van der Waals surface area contributed by atoms with Crippen molar-refractivity contribution in [2.75, 3.05) is 0 Å². The molecule has 3 rings (SSSR count). The first kappa shape index (κ1) is 24.1. The Morgan fingerprint density at radius 1 is 1.07 bits per heavy atom. The van der Waals surface area contributed by atoms with E-state index in [2.05, 4.69) is 46.8 Å². The molecule has 0 aromatic heterocycles. The Morgan fingerprint density at radius 2 is 1.80 bits per heavy atom. The second-order valence-corrected chi connectivity index (χ2v) is 11.8. The van der Waals surface area contributed by atoms with Crippen LogP contribution in [0.3, 0.4) is 0 Å². The number of aliphatic hydroxyl groups excluding tert-OH is 2. The summed E-state index contributed by atoms with van der Waals surface area (Å²) in [5, 5.41) is 20.3. The zero-order chi connectivity index (χ0) is 22.1. The van der Waals surface area contributed by atoms with E-state index in [1.54, 1.807) is 0 Å². The molecule has 3 aliphatic carbocycles. The van der Waals surface area contributed by atoms with Gasteiger partial charge in [-0.1, -0.05) is 66.0 Å². The zero-order valence-corrected chi connectivity index (χ0v) is 20.5. The Morgan fingerprint density at radius 3 is 2.50 bits per heavy atom. The molecule has 30 heavy (non-hydrogen) atoms. The van der Waals surface area contributed by atoms with Gasteiger partial charge in [0.25, 0.3) is 0 Å². The molecule has 0 radical (unpaired) electrons. The van der Waals surface area contributed by atoms with E-state index in [9.17, 15) is 10.2 Å². The lowest BCUT2D eigenvalue weighted by Gasteiger charge is -2.46. The summed E-state index contributed by atoms with van der Waals surface area (Å²) in [6.45, 7) is 14.3. The van der Waals surface area contributed by atoms with Crippen LogP contribution >= 0.6 is 0 Å². The second kappa shape index (κ2) is 9.90. The fourth-order valence-corrected chi connectivity index (χ4v) is 7.10. The van der Waals surface area contributed by atoms with Crippen molar-refractivity contribution in [2.24, 2.45) is 40.9 Å². The van der Waals surface area contributed by atoms with Gasteiger partial charge < -0.3 is 10.2 Å². The third-order valence-electron chi connectivity index (χ3n) is 9.66. The lowest BCUT2D eigenvalue weighted by atomic mass is 9.59. The van der Waals surface area contributed by atoms with Gasteiger partial charge in [-0.3, -0.25) is 0 Å². The highest BCUT2D eigenvalue weighted by Gasteiger charge is 2.51. The molecule has 2 nitrogen and oxygen atoms in total. The van der Waals surface area contributed by atoms with Crippen LogP contribution in [0.25, 0.3) is 0 Å². The van der Waals surface area contributed by atoms with Gasteiger partial charge in [0.1, 0.15) is 0 Å². The Labute approximate surface area is 186 Å². The average molecular weight is 417 g/mol. The highest BCUT2D eigenvalue weighted by Crippen LogP contribution is 2.60. The van der Waals surface area contributed by atoms with E-state index in [1.165, 1.54) is 50.5 Å². The summed E-state index contributed by atoms with van der Waals surface area (Å²) in [6.07, 6.45) is 14.6. The summed E-state index contributed by atoms with van der Waals surface area (Å²) < 4.78 is 0. The van der Waals surface area contributed by atoms with Gasteiger partial charge in [0.2, 0.25) is 0 Å². The predicted molar refractivity (Wildman–Crippen MR) is 127 cm³/mol. The number of allylic oxidation sites excluding steroid dienone is 2. The van der Waals surface area contributed by atoms with Gasteiger partial charge >= 0.3 is 0 Å². The maximum Gasteiger partial charge on any atom is 0.0777 e. The van der Waals surface area contributed by atoms with E-state index >= 15 is 0 Å².